The second kappa shape index (κ2) is 5.99. The predicted molar refractivity (Wildman–Crippen MR) is 72.1 cm³/mol. The molecule has 0 aliphatic rings. The van der Waals surface area contributed by atoms with Crippen LogP contribution in [-0.4, -0.2) is 17.1 Å². The number of aromatic nitrogens is 2. The number of anilines is 1. The number of methoxy groups -OCH3 is 1. The Bertz CT molecular complexity index is 612. The molecule has 1 aromatic heterocycles. The van der Waals surface area contributed by atoms with Crippen LogP contribution >= 0.6 is 0 Å². The van der Waals surface area contributed by atoms with Crippen LogP contribution in [0.2, 0.25) is 0 Å². The third kappa shape index (κ3) is 3.84. The average molecular weight is 297 g/mol. The number of alkyl halides is 3. The molecule has 0 bridgehead atoms. The van der Waals surface area contributed by atoms with Gasteiger partial charge < -0.3 is 10.1 Å². The molecule has 112 valence electrons. The number of halogens is 3. The van der Waals surface area contributed by atoms with Gasteiger partial charge in [0.25, 0.3) is 0 Å². The van der Waals surface area contributed by atoms with E-state index in [9.17, 15) is 13.2 Å². The molecule has 0 saturated carbocycles. The summed E-state index contributed by atoms with van der Waals surface area (Å²) in [5.41, 5.74) is 0.568. The number of hydrogen-bond acceptors (Lipinski definition) is 4. The topological polar surface area (TPSA) is 47.0 Å². The molecular formula is C14H14F3N3O. The van der Waals surface area contributed by atoms with Gasteiger partial charge in [-0.2, -0.15) is 13.2 Å². The number of aryl methyl sites for hydroxylation is 1. The van der Waals surface area contributed by atoms with Gasteiger partial charge in [0.2, 0.25) is 5.95 Å². The Balaban J connectivity index is 2.19. The van der Waals surface area contributed by atoms with Crippen LogP contribution < -0.4 is 10.1 Å². The summed E-state index contributed by atoms with van der Waals surface area (Å²) in [5, 5.41) is 2.87. The number of ether oxygens (including phenoxy) is 1. The molecule has 0 atom stereocenters. The van der Waals surface area contributed by atoms with E-state index in [2.05, 4.69) is 15.3 Å². The van der Waals surface area contributed by atoms with Gasteiger partial charge in [0.15, 0.2) is 0 Å². The lowest BCUT2D eigenvalue weighted by atomic mass is 10.1. The molecule has 0 saturated heterocycles. The Morgan fingerprint density at radius 2 is 1.86 bits per heavy atom. The lowest BCUT2D eigenvalue weighted by Gasteiger charge is -2.13. The first-order chi connectivity index (χ1) is 9.90. The fourth-order valence-electron chi connectivity index (χ4n) is 1.75. The Morgan fingerprint density at radius 3 is 2.43 bits per heavy atom. The van der Waals surface area contributed by atoms with Gasteiger partial charge in [0, 0.05) is 24.5 Å². The van der Waals surface area contributed by atoms with E-state index in [0.717, 1.165) is 17.7 Å². The van der Waals surface area contributed by atoms with E-state index in [4.69, 9.17) is 4.74 Å². The van der Waals surface area contributed by atoms with Gasteiger partial charge >= 0.3 is 6.18 Å². The minimum absolute atomic E-state index is 0.135. The van der Waals surface area contributed by atoms with Crippen LogP contribution in [0.3, 0.4) is 0 Å². The third-order valence-electron chi connectivity index (χ3n) is 2.83. The van der Waals surface area contributed by atoms with E-state index in [-0.39, 0.29) is 6.54 Å². The maximum Gasteiger partial charge on any atom is 0.416 e. The van der Waals surface area contributed by atoms with Gasteiger partial charge in [-0.05, 0) is 30.7 Å². The van der Waals surface area contributed by atoms with E-state index < -0.39 is 11.7 Å². The molecule has 0 aliphatic carbocycles. The van der Waals surface area contributed by atoms with Crippen molar-refractivity contribution in [1.82, 2.24) is 9.97 Å². The molecule has 0 spiro atoms. The van der Waals surface area contributed by atoms with Crippen molar-refractivity contribution >= 4 is 5.95 Å². The van der Waals surface area contributed by atoms with E-state index >= 15 is 0 Å². The van der Waals surface area contributed by atoms with E-state index in [0.29, 0.717) is 17.3 Å². The van der Waals surface area contributed by atoms with Crippen LogP contribution in [0, 0.1) is 6.92 Å². The van der Waals surface area contributed by atoms with Gasteiger partial charge in [0.05, 0.1) is 12.7 Å². The van der Waals surface area contributed by atoms with Crippen molar-refractivity contribution in [3.8, 4) is 5.75 Å². The van der Waals surface area contributed by atoms with Gasteiger partial charge in [-0.15, -0.1) is 0 Å². The molecule has 0 fully saturated rings. The van der Waals surface area contributed by atoms with Crippen LogP contribution in [0.25, 0.3) is 0 Å². The normalized spacial score (nSPS) is 11.3. The van der Waals surface area contributed by atoms with Gasteiger partial charge in [-0.25, -0.2) is 9.97 Å². The van der Waals surface area contributed by atoms with Crippen LogP contribution in [0.15, 0.2) is 30.6 Å². The minimum atomic E-state index is -4.39. The van der Waals surface area contributed by atoms with Crippen molar-refractivity contribution < 1.29 is 17.9 Å². The van der Waals surface area contributed by atoms with Crippen LogP contribution in [0.5, 0.6) is 5.75 Å². The van der Waals surface area contributed by atoms with Gasteiger partial charge in [0.1, 0.15) is 5.75 Å². The Kier molecular flexibility index (Phi) is 4.30. The van der Waals surface area contributed by atoms with E-state index in [1.54, 1.807) is 12.4 Å². The summed E-state index contributed by atoms with van der Waals surface area (Å²) in [4.78, 5) is 8.07. The van der Waals surface area contributed by atoms with Crippen LogP contribution in [0.1, 0.15) is 16.7 Å². The first kappa shape index (κ1) is 15.1. The Hall–Kier alpha value is -2.31. The number of hydrogen-bond donors (Lipinski definition) is 1. The molecule has 0 unspecified atom stereocenters. The standard InChI is InChI=1S/C14H14F3N3O/c1-9-6-18-13(19-7-9)20-8-10-5-11(14(15,16)17)3-4-12(10)21-2/h3-7H,8H2,1-2H3,(H,18,19,20). The molecule has 0 aliphatic heterocycles. The van der Waals surface area contributed by atoms with Crippen molar-refractivity contribution in [2.24, 2.45) is 0 Å². The predicted octanol–water partition coefficient (Wildman–Crippen LogP) is 3.42. The second-order valence-electron chi connectivity index (χ2n) is 4.46. The highest BCUT2D eigenvalue weighted by Gasteiger charge is 2.31. The van der Waals surface area contributed by atoms with Crippen molar-refractivity contribution in [1.29, 1.82) is 0 Å². The molecule has 7 heteroatoms. The maximum absolute atomic E-state index is 12.7. The highest BCUT2D eigenvalue weighted by Crippen LogP contribution is 2.32. The summed E-state index contributed by atoms with van der Waals surface area (Å²) in [6, 6.07) is 3.35. The summed E-state index contributed by atoms with van der Waals surface area (Å²) in [5.74, 6) is 0.725. The quantitative estimate of drug-likeness (QED) is 0.939. The molecule has 2 aromatic rings. The van der Waals surface area contributed by atoms with Gasteiger partial charge in [-0.1, -0.05) is 0 Å². The fraction of sp³-hybridized carbons (Fsp3) is 0.286. The van der Waals surface area contributed by atoms with Gasteiger partial charge in [-0.3, -0.25) is 0 Å². The second-order valence-corrected chi connectivity index (χ2v) is 4.46. The summed E-state index contributed by atoms with van der Waals surface area (Å²) in [7, 11) is 1.41. The van der Waals surface area contributed by atoms with Crippen LogP contribution in [0.4, 0.5) is 19.1 Å². The van der Waals surface area contributed by atoms with Crippen molar-refractivity contribution in [2.45, 2.75) is 19.6 Å². The molecule has 21 heavy (non-hydrogen) atoms. The highest BCUT2D eigenvalue weighted by molar-refractivity contribution is 5.40. The number of nitrogens with one attached hydrogen (secondary N) is 1. The zero-order chi connectivity index (χ0) is 15.5. The first-order valence-corrected chi connectivity index (χ1v) is 6.17. The van der Waals surface area contributed by atoms with Crippen molar-refractivity contribution in [3.63, 3.8) is 0 Å². The molecule has 4 nitrogen and oxygen atoms in total. The minimum Gasteiger partial charge on any atom is -0.496 e. The van der Waals surface area contributed by atoms with Crippen LogP contribution in [-0.2, 0) is 12.7 Å². The summed E-state index contributed by atoms with van der Waals surface area (Å²) in [6.45, 7) is 1.98. The van der Waals surface area contributed by atoms with E-state index in [1.165, 1.54) is 13.2 Å². The molecule has 2 rings (SSSR count). The maximum atomic E-state index is 12.7. The fourth-order valence-corrected chi connectivity index (χ4v) is 1.75. The molecule has 1 aromatic carbocycles. The average Bonchev–Trinajstić information content (AvgIpc) is 2.45. The molecule has 1 N–H and O–H groups in total. The Labute approximate surface area is 120 Å². The molecule has 0 radical (unpaired) electrons. The Morgan fingerprint density at radius 1 is 1.19 bits per heavy atom. The number of nitrogens with zero attached hydrogens (tertiary/aromatic N) is 2. The smallest absolute Gasteiger partial charge is 0.416 e. The zero-order valence-electron chi connectivity index (χ0n) is 11.5. The summed E-state index contributed by atoms with van der Waals surface area (Å²) < 4.78 is 43.2. The SMILES string of the molecule is COc1ccc(C(F)(F)F)cc1CNc1ncc(C)cn1. The monoisotopic (exact) mass is 297 g/mol. The lowest BCUT2D eigenvalue weighted by molar-refractivity contribution is -0.137. The largest absolute Gasteiger partial charge is 0.496 e. The first-order valence-electron chi connectivity index (χ1n) is 6.17. The number of benzene rings is 1. The van der Waals surface area contributed by atoms with Crippen molar-refractivity contribution in [2.75, 3.05) is 12.4 Å². The summed E-state index contributed by atoms with van der Waals surface area (Å²) >= 11 is 0. The molecule has 1 heterocycles. The molecular weight excluding hydrogens is 283 g/mol. The zero-order valence-corrected chi connectivity index (χ0v) is 11.5. The number of rotatable bonds is 4. The molecule has 0 amide bonds. The van der Waals surface area contributed by atoms with E-state index in [1.807, 2.05) is 6.92 Å². The van der Waals surface area contributed by atoms with Crippen molar-refractivity contribution in [3.05, 3.63) is 47.3 Å². The third-order valence-corrected chi connectivity index (χ3v) is 2.83. The summed E-state index contributed by atoms with van der Waals surface area (Å²) in [6.07, 6.45) is -1.14. The highest BCUT2D eigenvalue weighted by atomic mass is 19.4. The lowest BCUT2D eigenvalue weighted by Crippen LogP contribution is -2.09.